The second-order valence-corrected chi connectivity index (χ2v) is 4.96. The van der Waals surface area contributed by atoms with Crippen molar-refractivity contribution in [2.75, 3.05) is 12.4 Å². The summed E-state index contributed by atoms with van der Waals surface area (Å²) in [5.41, 5.74) is 1.55. The van der Waals surface area contributed by atoms with Crippen molar-refractivity contribution in [2.24, 2.45) is 0 Å². The standard InChI is InChI=1S/C17H15ClN2O3/c1-23-16(21)14-4-2-3-5-15(14)20-17(22)19-11-10-12-6-8-13(18)9-7-12/h2-11H,1H3,(H2,19,20,22)/b11-10+. The lowest BCUT2D eigenvalue weighted by Gasteiger charge is -2.09. The second kappa shape index (κ2) is 8.00. The smallest absolute Gasteiger partial charge is 0.339 e. The highest BCUT2D eigenvalue weighted by Crippen LogP contribution is 2.15. The summed E-state index contributed by atoms with van der Waals surface area (Å²) in [5, 5.41) is 5.81. The molecule has 0 radical (unpaired) electrons. The average Bonchev–Trinajstić information content (AvgIpc) is 2.56. The molecule has 0 bridgehead atoms. The van der Waals surface area contributed by atoms with Gasteiger partial charge in [-0.3, -0.25) is 0 Å². The number of carbonyl (C=O) groups excluding carboxylic acids is 2. The van der Waals surface area contributed by atoms with E-state index in [9.17, 15) is 9.59 Å². The van der Waals surface area contributed by atoms with Gasteiger partial charge >= 0.3 is 12.0 Å². The van der Waals surface area contributed by atoms with Crippen LogP contribution in [0.5, 0.6) is 0 Å². The summed E-state index contributed by atoms with van der Waals surface area (Å²) in [6.45, 7) is 0. The molecule has 2 aromatic carbocycles. The Bertz CT molecular complexity index is 727. The fourth-order valence-corrected chi connectivity index (χ4v) is 1.95. The van der Waals surface area contributed by atoms with E-state index in [0.717, 1.165) is 5.56 Å². The number of hydrogen-bond donors (Lipinski definition) is 2. The normalized spacial score (nSPS) is 10.3. The Morgan fingerprint density at radius 2 is 1.78 bits per heavy atom. The predicted molar refractivity (Wildman–Crippen MR) is 90.4 cm³/mol. The summed E-state index contributed by atoms with van der Waals surface area (Å²) in [6.07, 6.45) is 3.22. The molecule has 23 heavy (non-hydrogen) atoms. The van der Waals surface area contributed by atoms with E-state index in [-0.39, 0.29) is 5.56 Å². The Balaban J connectivity index is 1.97. The third-order valence-electron chi connectivity index (χ3n) is 2.94. The molecule has 0 unspecified atom stereocenters. The number of hydrogen-bond acceptors (Lipinski definition) is 3. The number of esters is 1. The van der Waals surface area contributed by atoms with Crippen LogP contribution in [0.2, 0.25) is 5.02 Å². The van der Waals surface area contributed by atoms with E-state index in [1.165, 1.54) is 13.3 Å². The molecule has 2 rings (SSSR count). The lowest BCUT2D eigenvalue weighted by Crippen LogP contribution is -2.25. The van der Waals surface area contributed by atoms with E-state index in [1.807, 2.05) is 12.1 Å². The number of nitrogens with one attached hydrogen (secondary N) is 2. The topological polar surface area (TPSA) is 67.4 Å². The first-order chi connectivity index (χ1) is 11.1. The number of benzene rings is 2. The van der Waals surface area contributed by atoms with Gasteiger partial charge in [-0.1, -0.05) is 35.9 Å². The summed E-state index contributed by atoms with van der Waals surface area (Å²) in [5.74, 6) is -0.516. The van der Waals surface area contributed by atoms with E-state index in [0.29, 0.717) is 10.7 Å². The van der Waals surface area contributed by atoms with Crippen LogP contribution in [-0.2, 0) is 4.74 Å². The predicted octanol–water partition coefficient (Wildman–Crippen LogP) is 3.92. The Morgan fingerprint density at radius 1 is 1.09 bits per heavy atom. The van der Waals surface area contributed by atoms with Gasteiger partial charge < -0.3 is 15.4 Å². The van der Waals surface area contributed by atoms with E-state index < -0.39 is 12.0 Å². The van der Waals surface area contributed by atoms with Crippen LogP contribution in [-0.4, -0.2) is 19.1 Å². The number of anilines is 1. The first-order valence-corrected chi connectivity index (χ1v) is 7.15. The molecule has 0 aliphatic carbocycles. The fourth-order valence-electron chi connectivity index (χ4n) is 1.83. The van der Waals surface area contributed by atoms with Crippen LogP contribution in [0.1, 0.15) is 15.9 Å². The largest absolute Gasteiger partial charge is 0.465 e. The first-order valence-electron chi connectivity index (χ1n) is 6.77. The minimum Gasteiger partial charge on any atom is -0.465 e. The van der Waals surface area contributed by atoms with Crippen LogP contribution in [0, 0.1) is 0 Å². The molecule has 0 fully saturated rings. The number of amides is 2. The average molecular weight is 331 g/mol. The fraction of sp³-hybridized carbons (Fsp3) is 0.0588. The van der Waals surface area contributed by atoms with Crippen molar-refractivity contribution in [1.82, 2.24) is 5.32 Å². The van der Waals surface area contributed by atoms with Gasteiger partial charge in [0.1, 0.15) is 0 Å². The third kappa shape index (κ3) is 4.86. The summed E-state index contributed by atoms with van der Waals surface area (Å²) in [4.78, 5) is 23.5. The number of para-hydroxylation sites is 1. The van der Waals surface area contributed by atoms with Crippen LogP contribution in [0.3, 0.4) is 0 Å². The summed E-state index contributed by atoms with van der Waals surface area (Å²) < 4.78 is 4.67. The van der Waals surface area contributed by atoms with Crippen LogP contribution >= 0.6 is 11.6 Å². The monoisotopic (exact) mass is 330 g/mol. The van der Waals surface area contributed by atoms with Crippen LogP contribution in [0.25, 0.3) is 6.08 Å². The zero-order valence-corrected chi connectivity index (χ0v) is 13.1. The summed E-state index contributed by atoms with van der Waals surface area (Å²) >= 11 is 5.80. The van der Waals surface area contributed by atoms with Gasteiger partial charge in [0.15, 0.2) is 0 Å². The second-order valence-electron chi connectivity index (χ2n) is 4.52. The molecule has 0 spiro atoms. The molecule has 2 aromatic rings. The van der Waals surface area contributed by atoms with Crippen molar-refractivity contribution < 1.29 is 14.3 Å². The zero-order chi connectivity index (χ0) is 16.7. The van der Waals surface area contributed by atoms with Crippen molar-refractivity contribution >= 4 is 35.4 Å². The molecular weight excluding hydrogens is 316 g/mol. The Labute approximate surface area is 138 Å². The Kier molecular flexibility index (Phi) is 5.77. The number of carbonyl (C=O) groups is 2. The van der Waals surface area contributed by atoms with Gasteiger partial charge in [0.2, 0.25) is 0 Å². The van der Waals surface area contributed by atoms with Gasteiger partial charge in [-0.2, -0.15) is 0 Å². The molecule has 0 aliphatic rings. The lowest BCUT2D eigenvalue weighted by atomic mass is 10.2. The van der Waals surface area contributed by atoms with Crippen molar-refractivity contribution in [3.05, 3.63) is 70.9 Å². The van der Waals surface area contributed by atoms with E-state index in [2.05, 4.69) is 15.4 Å². The van der Waals surface area contributed by atoms with E-state index in [4.69, 9.17) is 11.6 Å². The maximum atomic E-state index is 11.9. The number of methoxy groups -OCH3 is 1. The quantitative estimate of drug-likeness (QED) is 0.835. The minimum atomic E-state index is -0.516. The molecule has 5 nitrogen and oxygen atoms in total. The highest BCUT2D eigenvalue weighted by molar-refractivity contribution is 6.30. The number of urea groups is 1. The molecule has 0 saturated carbocycles. The van der Waals surface area contributed by atoms with Gasteiger partial charge in [-0.05, 0) is 35.9 Å². The van der Waals surface area contributed by atoms with Crippen LogP contribution < -0.4 is 10.6 Å². The minimum absolute atomic E-state index is 0.284. The first kappa shape index (κ1) is 16.6. The van der Waals surface area contributed by atoms with Crippen LogP contribution in [0.15, 0.2) is 54.7 Å². The van der Waals surface area contributed by atoms with Crippen LogP contribution in [0.4, 0.5) is 10.5 Å². The number of rotatable bonds is 4. The Morgan fingerprint density at radius 3 is 2.48 bits per heavy atom. The Hall–Kier alpha value is -2.79. The third-order valence-corrected chi connectivity index (χ3v) is 3.19. The highest BCUT2D eigenvalue weighted by Gasteiger charge is 2.12. The molecule has 0 saturated heterocycles. The van der Waals surface area contributed by atoms with Gasteiger partial charge in [0.05, 0.1) is 18.4 Å². The molecule has 0 aromatic heterocycles. The molecule has 118 valence electrons. The van der Waals surface area contributed by atoms with E-state index in [1.54, 1.807) is 42.5 Å². The molecular formula is C17H15ClN2O3. The lowest BCUT2D eigenvalue weighted by molar-refractivity contribution is 0.0602. The molecule has 2 N–H and O–H groups in total. The van der Waals surface area contributed by atoms with Gasteiger partial charge in [0.25, 0.3) is 0 Å². The van der Waals surface area contributed by atoms with Crippen molar-refractivity contribution in [3.8, 4) is 0 Å². The van der Waals surface area contributed by atoms with Crippen molar-refractivity contribution in [1.29, 1.82) is 0 Å². The summed E-state index contributed by atoms with van der Waals surface area (Å²) in [6, 6.07) is 13.3. The van der Waals surface area contributed by atoms with E-state index >= 15 is 0 Å². The summed E-state index contributed by atoms with van der Waals surface area (Å²) in [7, 11) is 1.29. The molecule has 6 heteroatoms. The van der Waals surface area contributed by atoms with Gasteiger partial charge in [-0.15, -0.1) is 0 Å². The number of ether oxygens (including phenoxy) is 1. The zero-order valence-electron chi connectivity index (χ0n) is 12.4. The maximum Gasteiger partial charge on any atom is 0.339 e. The molecule has 0 heterocycles. The molecule has 2 amide bonds. The number of halogens is 1. The molecule has 0 atom stereocenters. The van der Waals surface area contributed by atoms with Crippen molar-refractivity contribution in [3.63, 3.8) is 0 Å². The van der Waals surface area contributed by atoms with Gasteiger partial charge in [0, 0.05) is 11.2 Å². The van der Waals surface area contributed by atoms with Gasteiger partial charge in [-0.25, -0.2) is 9.59 Å². The molecule has 0 aliphatic heterocycles. The highest BCUT2D eigenvalue weighted by atomic mass is 35.5. The van der Waals surface area contributed by atoms with Crippen molar-refractivity contribution in [2.45, 2.75) is 0 Å². The maximum absolute atomic E-state index is 11.9. The SMILES string of the molecule is COC(=O)c1ccccc1NC(=O)N/C=C/c1ccc(Cl)cc1.